The molecule has 0 radical (unpaired) electrons. The van der Waals surface area contributed by atoms with Gasteiger partial charge in [0.25, 0.3) is 0 Å². The normalized spacial score (nSPS) is 19.3. The zero-order valence-corrected chi connectivity index (χ0v) is 18.9. The summed E-state index contributed by atoms with van der Waals surface area (Å²) in [4.78, 5) is 6.95. The lowest BCUT2D eigenvalue weighted by Gasteiger charge is -2.27. The molecule has 4 rings (SSSR count). The van der Waals surface area contributed by atoms with Crippen molar-refractivity contribution >= 4 is 28.9 Å². The molecule has 1 fully saturated rings. The van der Waals surface area contributed by atoms with Gasteiger partial charge in [-0.25, -0.2) is 0 Å². The summed E-state index contributed by atoms with van der Waals surface area (Å²) in [5.41, 5.74) is 3.46. The average molecular weight is 435 g/mol. The van der Waals surface area contributed by atoms with Crippen molar-refractivity contribution in [2.24, 2.45) is 4.99 Å². The monoisotopic (exact) mass is 434 g/mol. The highest BCUT2D eigenvalue weighted by molar-refractivity contribution is 5.87. The van der Waals surface area contributed by atoms with Crippen LogP contribution in [-0.2, 0) is 11.3 Å². The van der Waals surface area contributed by atoms with Crippen LogP contribution in [0.25, 0.3) is 17.0 Å². The van der Waals surface area contributed by atoms with Crippen LogP contribution in [0, 0.1) is 0 Å². The molecule has 1 aromatic carbocycles. The number of hydrogen-bond acceptors (Lipinski definition) is 6. The Bertz CT molecular complexity index is 999. The number of nitrogens with one attached hydrogen (secondary N) is 3. The molecule has 1 atom stereocenters. The molecule has 3 heterocycles. The van der Waals surface area contributed by atoms with Gasteiger partial charge >= 0.3 is 0 Å². The number of nitrogens with zero attached hydrogens (tertiary/aromatic N) is 3. The van der Waals surface area contributed by atoms with Crippen molar-refractivity contribution in [3.8, 4) is 0 Å². The minimum atomic E-state index is -0.118. The van der Waals surface area contributed by atoms with E-state index in [1.165, 1.54) is 16.6 Å². The first-order chi connectivity index (χ1) is 15.8. The molecular weight excluding hydrogens is 400 g/mol. The number of hydrogen-bond donors (Lipinski definition) is 3. The highest BCUT2D eigenvalue weighted by atomic mass is 16.5. The molecule has 0 saturated carbocycles. The molecule has 2 aliphatic rings. The Labute approximate surface area is 190 Å². The summed E-state index contributed by atoms with van der Waals surface area (Å²) in [6.07, 6.45) is 10.7. The molecule has 0 amide bonds. The van der Waals surface area contributed by atoms with Gasteiger partial charge in [-0.05, 0) is 62.9 Å². The number of fused-ring (bicyclic) bond motifs is 1. The summed E-state index contributed by atoms with van der Waals surface area (Å²) in [6.45, 7) is 12.6. The van der Waals surface area contributed by atoms with Gasteiger partial charge in [-0.1, -0.05) is 18.7 Å². The minimum absolute atomic E-state index is 0.118. The molecule has 0 bridgehead atoms. The number of anilines is 1. The molecule has 7 heteroatoms. The van der Waals surface area contributed by atoms with Crippen molar-refractivity contribution in [3.63, 3.8) is 0 Å². The topological polar surface area (TPSA) is 65.8 Å². The maximum absolute atomic E-state index is 5.41. The second-order valence-corrected chi connectivity index (χ2v) is 7.99. The summed E-state index contributed by atoms with van der Waals surface area (Å²) >= 11 is 0. The van der Waals surface area contributed by atoms with E-state index in [0.717, 1.165) is 63.9 Å². The highest BCUT2D eigenvalue weighted by Crippen LogP contribution is 2.25. The van der Waals surface area contributed by atoms with Crippen LogP contribution in [-0.4, -0.2) is 61.4 Å². The fourth-order valence-electron chi connectivity index (χ4n) is 4.17. The van der Waals surface area contributed by atoms with E-state index in [4.69, 9.17) is 4.74 Å². The first-order valence-electron chi connectivity index (χ1n) is 11.5. The van der Waals surface area contributed by atoms with E-state index in [0.29, 0.717) is 0 Å². The lowest BCUT2D eigenvalue weighted by Crippen LogP contribution is -2.44. The predicted molar refractivity (Wildman–Crippen MR) is 134 cm³/mol. The Hall–Kier alpha value is -2.87. The number of rotatable bonds is 10. The molecule has 0 aliphatic carbocycles. The van der Waals surface area contributed by atoms with E-state index in [1.807, 2.05) is 18.4 Å². The molecule has 7 nitrogen and oxygen atoms in total. The molecule has 170 valence electrons. The van der Waals surface area contributed by atoms with Gasteiger partial charge < -0.3 is 19.9 Å². The third-order valence-electron chi connectivity index (χ3n) is 5.79. The van der Waals surface area contributed by atoms with Crippen LogP contribution in [0.5, 0.6) is 0 Å². The largest absolute Gasteiger partial charge is 0.379 e. The van der Waals surface area contributed by atoms with Gasteiger partial charge in [-0.15, -0.1) is 0 Å². The lowest BCUT2D eigenvalue weighted by atomic mass is 10.2. The molecule has 1 aromatic heterocycles. The third-order valence-corrected chi connectivity index (χ3v) is 5.79. The van der Waals surface area contributed by atoms with Gasteiger partial charge in [0.05, 0.1) is 13.2 Å². The zero-order valence-electron chi connectivity index (χ0n) is 18.9. The van der Waals surface area contributed by atoms with Crippen LogP contribution in [0.15, 0.2) is 59.9 Å². The third kappa shape index (κ3) is 5.68. The number of ether oxygens (including phenoxy) is 1. The first-order valence-corrected chi connectivity index (χ1v) is 11.5. The number of morpholine rings is 1. The smallest absolute Gasteiger partial charge is 0.174 e. The van der Waals surface area contributed by atoms with Crippen molar-refractivity contribution in [2.45, 2.75) is 26.2 Å². The fraction of sp³-hybridized carbons (Fsp3) is 0.400. The van der Waals surface area contributed by atoms with Crippen LogP contribution in [0.2, 0.25) is 0 Å². The van der Waals surface area contributed by atoms with Gasteiger partial charge in [-0.2, -0.15) is 0 Å². The Kier molecular flexibility index (Phi) is 7.77. The molecule has 32 heavy (non-hydrogen) atoms. The number of aryl methyl sites for hydroxylation is 1. The summed E-state index contributed by atoms with van der Waals surface area (Å²) in [7, 11) is 0. The van der Waals surface area contributed by atoms with Crippen LogP contribution in [0.3, 0.4) is 0 Å². The number of allylic oxidation sites excluding steroid dienone is 3. The van der Waals surface area contributed by atoms with Crippen LogP contribution >= 0.6 is 0 Å². The van der Waals surface area contributed by atoms with Crippen molar-refractivity contribution in [1.29, 1.82) is 0 Å². The van der Waals surface area contributed by atoms with E-state index >= 15 is 0 Å². The Balaban J connectivity index is 1.31. The van der Waals surface area contributed by atoms with E-state index in [-0.39, 0.29) is 6.29 Å². The standard InChI is InChI=1S/C25H34N6O/c1-3-5-7-22-19-20-18-21(8-9-23(20)31(22)4-2)28-24-10-12-27-25(29-24)26-11-6-13-30-14-16-32-17-15-30/h3,5,7-10,12,18-19,25-26,28-29H,1,4,6,11,13-17H2,2H3/b7-5-. The Morgan fingerprint density at radius 2 is 2.16 bits per heavy atom. The minimum Gasteiger partial charge on any atom is -0.379 e. The lowest BCUT2D eigenvalue weighted by molar-refractivity contribution is 0.0373. The van der Waals surface area contributed by atoms with Crippen molar-refractivity contribution in [2.75, 3.05) is 44.7 Å². The zero-order chi connectivity index (χ0) is 22.2. The van der Waals surface area contributed by atoms with E-state index in [9.17, 15) is 0 Å². The molecule has 2 aromatic rings. The summed E-state index contributed by atoms with van der Waals surface area (Å²) in [6, 6.07) is 8.69. The van der Waals surface area contributed by atoms with Gasteiger partial charge in [0.2, 0.25) is 0 Å². The SMILES string of the molecule is C=C/C=C\c1cc2cc(NC3=CC=NC(NCCCN4CCOCC4)N3)ccc2n1CC. The van der Waals surface area contributed by atoms with E-state index in [1.54, 1.807) is 6.08 Å². The predicted octanol–water partition coefficient (Wildman–Crippen LogP) is 3.38. The van der Waals surface area contributed by atoms with Crippen LogP contribution in [0.4, 0.5) is 5.69 Å². The molecule has 3 N–H and O–H groups in total. The Morgan fingerprint density at radius 1 is 1.28 bits per heavy atom. The van der Waals surface area contributed by atoms with Crippen LogP contribution in [0.1, 0.15) is 19.0 Å². The summed E-state index contributed by atoms with van der Waals surface area (Å²) in [5.74, 6) is 0.937. The fourth-order valence-corrected chi connectivity index (χ4v) is 4.17. The highest BCUT2D eigenvalue weighted by Gasteiger charge is 2.13. The molecule has 1 unspecified atom stereocenters. The quantitative estimate of drug-likeness (QED) is 0.395. The van der Waals surface area contributed by atoms with Crippen molar-refractivity contribution in [3.05, 3.63) is 60.6 Å². The van der Waals surface area contributed by atoms with Gasteiger partial charge in [-0.3, -0.25) is 15.2 Å². The number of benzene rings is 1. The first kappa shape index (κ1) is 22.3. The van der Waals surface area contributed by atoms with E-state index < -0.39 is 0 Å². The summed E-state index contributed by atoms with van der Waals surface area (Å²) < 4.78 is 7.71. The molecule has 1 saturated heterocycles. The Morgan fingerprint density at radius 3 is 2.97 bits per heavy atom. The molecule has 0 spiro atoms. The van der Waals surface area contributed by atoms with Gasteiger partial charge in [0.1, 0.15) is 5.82 Å². The number of aliphatic imine (C=N–C) groups is 1. The van der Waals surface area contributed by atoms with Gasteiger partial charge in [0, 0.05) is 48.1 Å². The number of aromatic nitrogens is 1. The average Bonchev–Trinajstić information content (AvgIpc) is 3.18. The maximum atomic E-state index is 5.41. The molecular formula is C25H34N6O. The van der Waals surface area contributed by atoms with Crippen molar-refractivity contribution in [1.82, 2.24) is 20.1 Å². The second kappa shape index (κ2) is 11.1. The summed E-state index contributed by atoms with van der Waals surface area (Å²) in [5, 5.41) is 11.6. The molecule has 2 aliphatic heterocycles. The maximum Gasteiger partial charge on any atom is 0.174 e. The van der Waals surface area contributed by atoms with E-state index in [2.05, 4.69) is 74.3 Å². The van der Waals surface area contributed by atoms with Crippen molar-refractivity contribution < 1.29 is 4.74 Å². The van der Waals surface area contributed by atoms with Gasteiger partial charge in [0.15, 0.2) is 6.29 Å². The van der Waals surface area contributed by atoms with Crippen LogP contribution < -0.4 is 16.0 Å². The second-order valence-electron chi connectivity index (χ2n) is 7.99.